The molecule has 0 N–H and O–H groups in total. The molecule has 0 amide bonds. The number of nitrogens with zero attached hydrogens (tertiary/aromatic N) is 2. The number of anilines is 1. The van der Waals surface area contributed by atoms with Gasteiger partial charge in [0, 0.05) is 25.5 Å². The number of esters is 1. The van der Waals surface area contributed by atoms with Crippen molar-refractivity contribution >= 4 is 11.8 Å². The molecule has 1 aromatic heterocycles. The summed E-state index contributed by atoms with van der Waals surface area (Å²) in [6, 6.07) is 10.1. The normalized spacial score (nSPS) is 18.3. The van der Waals surface area contributed by atoms with Gasteiger partial charge in [-0.25, -0.2) is 4.98 Å². The van der Waals surface area contributed by atoms with Crippen LogP contribution >= 0.6 is 0 Å². The van der Waals surface area contributed by atoms with Crippen molar-refractivity contribution in [1.82, 2.24) is 4.98 Å². The fraction of sp³-hybridized carbons (Fsp3) is 0.455. The molecule has 5 heteroatoms. The molecule has 0 radical (unpaired) electrons. The number of rotatable bonds is 6. The molecule has 2 heterocycles. The number of aromatic nitrogens is 1. The van der Waals surface area contributed by atoms with Gasteiger partial charge in [0.2, 0.25) is 0 Å². The maximum absolute atomic E-state index is 11.3. The number of carbonyl (C=O) groups is 1. The smallest absolute Gasteiger partial charge is 0.302 e. The molecule has 1 aliphatic heterocycles. The van der Waals surface area contributed by atoms with E-state index in [1.54, 1.807) is 0 Å². The number of carbonyl (C=O) groups excluding carboxylic acids is 1. The standard InChI is InChI=1S/C22H28N2O3/c1-6-24-21-19(12-22(24,5)14-27-17(4)25)15(2)20(16(3)23-21)26-13-18-10-8-7-9-11-18/h7-11H,6,12-14H2,1-5H3. The Bertz CT molecular complexity index is 835. The molecule has 0 fully saturated rings. The predicted molar refractivity (Wildman–Crippen MR) is 106 cm³/mol. The Morgan fingerprint density at radius 3 is 2.59 bits per heavy atom. The van der Waals surface area contributed by atoms with Crippen molar-refractivity contribution in [3.8, 4) is 5.75 Å². The van der Waals surface area contributed by atoms with E-state index in [1.165, 1.54) is 12.5 Å². The van der Waals surface area contributed by atoms with Crippen molar-refractivity contribution in [2.45, 2.75) is 53.2 Å². The third-order valence-electron chi connectivity index (χ3n) is 5.26. The third-order valence-corrected chi connectivity index (χ3v) is 5.26. The number of hydrogen-bond donors (Lipinski definition) is 0. The summed E-state index contributed by atoms with van der Waals surface area (Å²) >= 11 is 0. The SMILES string of the molecule is CCN1c2nc(C)c(OCc3ccccc3)c(C)c2CC1(C)COC(C)=O. The van der Waals surface area contributed by atoms with E-state index >= 15 is 0 Å². The van der Waals surface area contributed by atoms with Gasteiger partial charge in [0.05, 0.1) is 11.2 Å². The summed E-state index contributed by atoms with van der Waals surface area (Å²) in [6.45, 7) is 11.4. The fourth-order valence-corrected chi connectivity index (χ4v) is 3.88. The van der Waals surface area contributed by atoms with Crippen LogP contribution in [0.1, 0.15) is 43.2 Å². The van der Waals surface area contributed by atoms with Crippen LogP contribution in [0.25, 0.3) is 0 Å². The van der Waals surface area contributed by atoms with Gasteiger partial charge >= 0.3 is 5.97 Å². The second-order valence-electron chi connectivity index (χ2n) is 7.43. The highest BCUT2D eigenvalue weighted by molar-refractivity contribution is 5.67. The monoisotopic (exact) mass is 368 g/mol. The Labute approximate surface area is 161 Å². The lowest BCUT2D eigenvalue weighted by Crippen LogP contribution is -2.48. The lowest BCUT2D eigenvalue weighted by molar-refractivity contribution is -0.142. The summed E-state index contributed by atoms with van der Waals surface area (Å²) in [5, 5.41) is 0. The van der Waals surface area contributed by atoms with Gasteiger partial charge in [-0.3, -0.25) is 4.79 Å². The van der Waals surface area contributed by atoms with Crippen molar-refractivity contribution in [3.63, 3.8) is 0 Å². The Morgan fingerprint density at radius 2 is 1.96 bits per heavy atom. The Kier molecular flexibility index (Phi) is 5.40. The van der Waals surface area contributed by atoms with Crippen LogP contribution in [0, 0.1) is 13.8 Å². The molecule has 2 aromatic rings. The molecular formula is C22H28N2O3. The van der Waals surface area contributed by atoms with Gasteiger partial charge in [-0.2, -0.15) is 0 Å². The van der Waals surface area contributed by atoms with E-state index in [0.29, 0.717) is 13.2 Å². The van der Waals surface area contributed by atoms with Crippen LogP contribution in [0.3, 0.4) is 0 Å². The Balaban J connectivity index is 1.89. The highest BCUT2D eigenvalue weighted by Gasteiger charge is 2.42. The van der Waals surface area contributed by atoms with E-state index in [4.69, 9.17) is 14.5 Å². The number of hydrogen-bond acceptors (Lipinski definition) is 5. The minimum absolute atomic E-state index is 0.254. The van der Waals surface area contributed by atoms with Gasteiger partial charge in [0.15, 0.2) is 0 Å². The average molecular weight is 368 g/mol. The molecule has 0 bridgehead atoms. The number of benzene rings is 1. The second kappa shape index (κ2) is 7.59. The lowest BCUT2D eigenvalue weighted by atomic mass is 9.95. The van der Waals surface area contributed by atoms with Crippen molar-refractivity contribution in [2.24, 2.45) is 0 Å². The zero-order valence-corrected chi connectivity index (χ0v) is 16.8. The zero-order chi connectivity index (χ0) is 19.6. The van der Waals surface area contributed by atoms with Crippen LogP contribution < -0.4 is 9.64 Å². The van der Waals surface area contributed by atoms with Crippen molar-refractivity contribution < 1.29 is 14.3 Å². The number of ether oxygens (including phenoxy) is 2. The van der Waals surface area contributed by atoms with E-state index in [0.717, 1.165) is 41.4 Å². The van der Waals surface area contributed by atoms with E-state index in [-0.39, 0.29) is 11.5 Å². The first kappa shape index (κ1) is 19.2. The molecule has 1 unspecified atom stereocenters. The van der Waals surface area contributed by atoms with Crippen LogP contribution in [0.15, 0.2) is 30.3 Å². The number of aryl methyl sites for hydroxylation is 1. The minimum atomic E-state index is -0.287. The van der Waals surface area contributed by atoms with E-state index in [1.807, 2.05) is 25.1 Å². The summed E-state index contributed by atoms with van der Waals surface area (Å²) < 4.78 is 11.5. The van der Waals surface area contributed by atoms with Gasteiger partial charge in [0.1, 0.15) is 24.8 Å². The lowest BCUT2D eigenvalue weighted by Gasteiger charge is -2.35. The molecule has 1 aromatic carbocycles. The zero-order valence-electron chi connectivity index (χ0n) is 16.8. The summed E-state index contributed by atoms with van der Waals surface area (Å²) in [4.78, 5) is 18.4. The maximum Gasteiger partial charge on any atom is 0.302 e. The Hall–Kier alpha value is -2.56. The summed E-state index contributed by atoms with van der Waals surface area (Å²) in [5.74, 6) is 1.58. The summed E-state index contributed by atoms with van der Waals surface area (Å²) in [7, 11) is 0. The van der Waals surface area contributed by atoms with Gasteiger partial charge in [-0.15, -0.1) is 0 Å². The molecule has 5 nitrogen and oxygen atoms in total. The minimum Gasteiger partial charge on any atom is -0.487 e. The molecule has 3 rings (SSSR count). The van der Waals surface area contributed by atoms with Crippen molar-refractivity contribution in [3.05, 3.63) is 52.7 Å². The summed E-state index contributed by atoms with van der Waals surface area (Å²) in [6.07, 6.45) is 0.782. The number of fused-ring (bicyclic) bond motifs is 1. The largest absolute Gasteiger partial charge is 0.487 e. The van der Waals surface area contributed by atoms with Crippen LogP contribution in [0.2, 0.25) is 0 Å². The number of likely N-dealkylation sites (N-methyl/N-ethyl adjacent to an activating group) is 1. The van der Waals surface area contributed by atoms with Crippen molar-refractivity contribution in [1.29, 1.82) is 0 Å². The first-order chi connectivity index (χ1) is 12.9. The van der Waals surface area contributed by atoms with Gasteiger partial charge in [-0.1, -0.05) is 30.3 Å². The fourth-order valence-electron chi connectivity index (χ4n) is 3.88. The molecular weight excluding hydrogens is 340 g/mol. The molecule has 0 saturated heterocycles. The molecule has 1 aliphatic rings. The predicted octanol–water partition coefficient (Wildman–Crippen LogP) is 3.98. The second-order valence-corrected chi connectivity index (χ2v) is 7.43. The van der Waals surface area contributed by atoms with E-state index in [9.17, 15) is 4.79 Å². The first-order valence-electron chi connectivity index (χ1n) is 9.43. The molecule has 0 spiro atoms. The van der Waals surface area contributed by atoms with Gasteiger partial charge in [0.25, 0.3) is 0 Å². The topological polar surface area (TPSA) is 51.7 Å². The quantitative estimate of drug-likeness (QED) is 0.722. The Morgan fingerprint density at radius 1 is 1.26 bits per heavy atom. The van der Waals surface area contributed by atoms with Gasteiger partial charge in [-0.05, 0) is 38.8 Å². The first-order valence-corrected chi connectivity index (χ1v) is 9.43. The highest BCUT2D eigenvalue weighted by Crippen LogP contribution is 2.42. The number of pyridine rings is 1. The van der Waals surface area contributed by atoms with Crippen molar-refractivity contribution in [2.75, 3.05) is 18.1 Å². The maximum atomic E-state index is 11.3. The molecule has 1 atom stereocenters. The van der Waals surface area contributed by atoms with Gasteiger partial charge < -0.3 is 14.4 Å². The van der Waals surface area contributed by atoms with Crippen LogP contribution in [0.4, 0.5) is 5.82 Å². The molecule has 0 saturated carbocycles. The molecule has 0 aliphatic carbocycles. The highest BCUT2D eigenvalue weighted by atomic mass is 16.5. The average Bonchev–Trinajstić information content (AvgIpc) is 2.93. The van der Waals surface area contributed by atoms with Crippen LogP contribution in [-0.2, 0) is 22.6 Å². The van der Waals surface area contributed by atoms with Crippen LogP contribution in [-0.4, -0.2) is 29.6 Å². The van der Waals surface area contributed by atoms with E-state index < -0.39 is 0 Å². The van der Waals surface area contributed by atoms with E-state index in [2.05, 4.69) is 37.8 Å². The molecule has 27 heavy (non-hydrogen) atoms. The van der Waals surface area contributed by atoms with Crippen LogP contribution in [0.5, 0.6) is 5.75 Å². The summed E-state index contributed by atoms with van der Waals surface area (Å²) in [5.41, 5.74) is 4.04. The third kappa shape index (κ3) is 3.77. The molecule has 144 valence electrons.